The highest BCUT2D eigenvalue weighted by molar-refractivity contribution is 5.38. The van der Waals surface area contributed by atoms with Gasteiger partial charge in [-0.05, 0) is 91.3 Å². The van der Waals surface area contributed by atoms with Crippen LogP contribution in [0.1, 0.15) is 99.3 Å². The predicted molar refractivity (Wildman–Crippen MR) is 124 cm³/mol. The van der Waals surface area contributed by atoms with Gasteiger partial charge in [0.1, 0.15) is 0 Å². The maximum atomic E-state index is 10.2. The first-order valence-corrected chi connectivity index (χ1v) is 12.8. The minimum absolute atomic E-state index is 0.108. The van der Waals surface area contributed by atoms with E-state index in [2.05, 4.69) is 53.7 Å². The summed E-state index contributed by atoms with van der Waals surface area (Å²) < 4.78 is 0. The Labute approximate surface area is 180 Å². The normalized spacial score (nSPS) is 43.7. The lowest BCUT2D eigenvalue weighted by molar-refractivity contribution is 0.0317. The molecule has 3 saturated carbocycles. The second-order valence-electron chi connectivity index (χ2n) is 12.3. The number of aliphatic hydroxyl groups excluding tert-OH is 1. The predicted octanol–water partition coefficient (Wildman–Crippen LogP) is 7.55. The summed E-state index contributed by atoms with van der Waals surface area (Å²) in [5.74, 6) is 4.97. The molecule has 0 saturated heterocycles. The van der Waals surface area contributed by atoms with Crippen LogP contribution in [0.5, 0.6) is 0 Å². The number of fused-ring (bicyclic) bond motifs is 5. The molecule has 4 aliphatic carbocycles. The van der Waals surface area contributed by atoms with Crippen molar-refractivity contribution in [3.63, 3.8) is 0 Å². The lowest BCUT2D eigenvalue weighted by Gasteiger charge is -2.55. The van der Waals surface area contributed by atoms with E-state index < -0.39 is 0 Å². The molecule has 0 aromatic carbocycles. The Hall–Kier alpha value is -0.560. The van der Waals surface area contributed by atoms with Crippen molar-refractivity contribution in [2.45, 2.75) is 105 Å². The topological polar surface area (TPSA) is 20.2 Å². The standard InChI is InChI=1S/C28H46O/c1-18(2)19(3)7-8-20(4)24-11-12-25-23-10-9-21-17-22(29)13-15-27(21,5)26(23)14-16-28(24,25)6/h9-10,18-20,22,24-26,29H,7-8,11-17H2,1-6H3/t19-,20?,22-,24+,25-,26-,27-,28+/m0/s1. The van der Waals surface area contributed by atoms with Gasteiger partial charge in [-0.3, -0.25) is 0 Å². The summed E-state index contributed by atoms with van der Waals surface area (Å²) in [7, 11) is 0. The van der Waals surface area contributed by atoms with Crippen molar-refractivity contribution < 1.29 is 5.11 Å². The van der Waals surface area contributed by atoms with Gasteiger partial charge in [-0.2, -0.15) is 0 Å². The van der Waals surface area contributed by atoms with Crippen molar-refractivity contribution in [2.75, 3.05) is 0 Å². The van der Waals surface area contributed by atoms with Crippen LogP contribution in [-0.2, 0) is 0 Å². The molecule has 29 heavy (non-hydrogen) atoms. The number of allylic oxidation sites excluding steroid dienone is 3. The second kappa shape index (κ2) is 7.85. The molecule has 4 aliphatic rings. The van der Waals surface area contributed by atoms with E-state index in [-0.39, 0.29) is 6.10 Å². The molecule has 3 fully saturated rings. The zero-order chi connectivity index (χ0) is 21.0. The zero-order valence-electron chi connectivity index (χ0n) is 20.0. The van der Waals surface area contributed by atoms with Crippen molar-refractivity contribution in [1.29, 1.82) is 0 Å². The van der Waals surface area contributed by atoms with Crippen LogP contribution in [0.25, 0.3) is 0 Å². The third kappa shape index (κ3) is 3.58. The van der Waals surface area contributed by atoms with Gasteiger partial charge in [0.25, 0.3) is 0 Å². The van der Waals surface area contributed by atoms with Gasteiger partial charge < -0.3 is 5.11 Å². The van der Waals surface area contributed by atoms with Gasteiger partial charge >= 0.3 is 0 Å². The van der Waals surface area contributed by atoms with E-state index in [4.69, 9.17) is 0 Å². The molecule has 0 spiro atoms. The fourth-order valence-electron chi connectivity index (χ4n) is 8.02. The van der Waals surface area contributed by atoms with E-state index in [0.29, 0.717) is 10.8 Å². The summed E-state index contributed by atoms with van der Waals surface area (Å²) in [6.45, 7) is 14.9. The maximum Gasteiger partial charge on any atom is 0.0578 e. The van der Waals surface area contributed by atoms with Crippen LogP contribution in [-0.4, -0.2) is 11.2 Å². The highest BCUT2D eigenvalue weighted by Gasteiger charge is 2.56. The summed E-state index contributed by atoms with van der Waals surface area (Å²) >= 11 is 0. The highest BCUT2D eigenvalue weighted by Crippen LogP contribution is 2.66. The number of hydrogen-bond acceptors (Lipinski definition) is 1. The zero-order valence-corrected chi connectivity index (χ0v) is 20.0. The molecule has 1 N–H and O–H groups in total. The molecule has 1 nitrogen and oxygen atoms in total. The summed E-state index contributed by atoms with van der Waals surface area (Å²) in [6, 6.07) is 0. The first-order valence-electron chi connectivity index (χ1n) is 12.8. The summed E-state index contributed by atoms with van der Waals surface area (Å²) in [5, 5.41) is 10.2. The average molecular weight is 399 g/mol. The number of hydrogen-bond donors (Lipinski definition) is 1. The summed E-state index contributed by atoms with van der Waals surface area (Å²) in [5.41, 5.74) is 4.17. The van der Waals surface area contributed by atoms with Gasteiger partial charge in [-0.1, -0.05) is 77.7 Å². The van der Waals surface area contributed by atoms with Crippen LogP contribution in [0, 0.1) is 46.3 Å². The summed E-state index contributed by atoms with van der Waals surface area (Å²) in [6.07, 6.45) is 16.4. The average Bonchev–Trinajstić information content (AvgIpc) is 3.03. The molecule has 4 rings (SSSR count). The van der Waals surface area contributed by atoms with E-state index in [1.807, 2.05) is 0 Å². The first-order chi connectivity index (χ1) is 13.7. The molecule has 0 amide bonds. The molecule has 8 atom stereocenters. The first kappa shape index (κ1) is 21.7. The third-order valence-corrected chi connectivity index (χ3v) is 10.5. The largest absolute Gasteiger partial charge is 0.393 e. The highest BCUT2D eigenvalue weighted by atomic mass is 16.3. The van der Waals surface area contributed by atoms with Gasteiger partial charge in [0, 0.05) is 0 Å². The Morgan fingerprint density at radius 1 is 0.931 bits per heavy atom. The van der Waals surface area contributed by atoms with Crippen molar-refractivity contribution in [3.05, 3.63) is 23.3 Å². The van der Waals surface area contributed by atoms with Crippen LogP contribution in [0.2, 0.25) is 0 Å². The Kier molecular flexibility index (Phi) is 5.86. The van der Waals surface area contributed by atoms with Gasteiger partial charge in [0.05, 0.1) is 6.10 Å². The fourth-order valence-corrected chi connectivity index (χ4v) is 8.02. The van der Waals surface area contributed by atoms with Gasteiger partial charge in [-0.15, -0.1) is 0 Å². The van der Waals surface area contributed by atoms with Crippen molar-refractivity contribution in [2.24, 2.45) is 46.3 Å². The monoisotopic (exact) mass is 398 g/mol. The summed E-state index contributed by atoms with van der Waals surface area (Å²) in [4.78, 5) is 0. The molecular formula is C28H46O. The third-order valence-electron chi connectivity index (χ3n) is 10.5. The molecule has 164 valence electrons. The molecular weight excluding hydrogens is 352 g/mol. The quantitative estimate of drug-likeness (QED) is 0.506. The van der Waals surface area contributed by atoms with Crippen LogP contribution in [0.15, 0.2) is 23.3 Å². The Bertz CT molecular complexity index is 672. The van der Waals surface area contributed by atoms with Gasteiger partial charge in [0.2, 0.25) is 0 Å². The lowest BCUT2D eigenvalue weighted by atomic mass is 9.50. The van der Waals surface area contributed by atoms with Crippen LogP contribution in [0.4, 0.5) is 0 Å². The maximum absolute atomic E-state index is 10.2. The molecule has 0 heterocycles. The molecule has 0 aromatic heterocycles. The van der Waals surface area contributed by atoms with Crippen molar-refractivity contribution in [3.8, 4) is 0 Å². The number of rotatable bonds is 5. The van der Waals surface area contributed by atoms with E-state index in [1.165, 1.54) is 44.9 Å². The van der Waals surface area contributed by atoms with Crippen molar-refractivity contribution >= 4 is 0 Å². The van der Waals surface area contributed by atoms with E-state index in [1.54, 1.807) is 11.1 Å². The van der Waals surface area contributed by atoms with E-state index in [9.17, 15) is 5.11 Å². The van der Waals surface area contributed by atoms with Crippen LogP contribution < -0.4 is 0 Å². The Morgan fingerprint density at radius 3 is 2.41 bits per heavy atom. The van der Waals surface area contributed by atoms with Gasteiger partial charge in [0.15, 0.2) is 0 Å². The van der Waals surface area contributed by atoms with E-state index >= 15 is 0 Å². The molecule has 0 aliphatic heterocycles. The second-order valence-corrected chi connectivity index (χ2v) is 12.3. The fraction of sp³-hybridized carbons (Fsp3) is 0.857. The van der Waals surface area contributed by atoms with Crippen molar-refractivity contribution in [1.82, 2.24) is 0 Å². The lowest BCUT2D eigenvalue weighted by Crippen LogP contribution is -2.46. The molecule has 1 unspecified atom stereocenters. The molecule has 0 aromatic rings. The van der Waals surface area contributed by atoms with Crippen LogP contribution in [0.3, 0.4) is 0 Å². The molecule has 0 radical (unpaired) electrons. The Balaban J connectivity index is 1.52. The Morgan fingerprint density at radius 2 is 1.69 bits per heavy atom. The van der Waals surface area contributed by atoms with E-state index in [0.717, 1.165) is 48.3 Å². The number of aliphatic hydroxyl groups is 1. The smallest absolute Gasteiger partial charge is 0.0578 e. The molecule has 1 heteroatoms. The minimum Gasteiger partial charge on any atom is -0.393 e. The van der Waals surface area contributed by atoms with Gasteiger partial charge in [-0.25, -0.2) is 0 Å². The van der Waals surface area contributed by atoms with Crippen LogP contribution >= 0.6 is 0 Å². The molecule has 0 bridgehead atoms. The minimum atomic E-state index is -0.108. The SMILES string of the molecule is CC(CC[C@H](C)C(C)C)[C@H]1CC[C@H]2C3=CC=C4C[C@@H](O)CC[C@]4(C)[C@H]3CC[C@]12C.